The van der Waals surface area contributed by atoms with E-state index in [9.17, 15) is 13.6 Å². The van der Waals surface area contributed by atoms with Gasteiger partial charge in [-0.05, 0) is 36.4 Å². The summed E-state index contributed by atoms with van der Waals surface area (Å²) < 4.78 is 32.8. The Balaban J connectivity index is 1.71. The molecule has 0 atom stereocenters. The van der Waals surface area contributed by atoms with Gasteiger partial charge in [0.2, 0.25) is 0 Å². The van der Waals surface area contributed by atoms with Crippen molar-refractivity contribution in [3.8, 4) is 22.3 Å². The van der Waals surface area contributed by atoms with Crippen LogP contribution in [0.15, 0.2) is 42.5 Å². The van der Waals surface area contributed by atoms with E-state index >= 15 is 0 Å². The third-order valence-electron chi connectivity index (χ3n) is 4.33. The summed E-state index contributed by atoms with van der Waals surface area (Å²) in [7, 11) is 1.44. The largest absolute Gasteiger partial charge is 0.488 e. The first-order valence-corrected chi connectivity index (χ1v) is 8.82. The van der Waals surface area contributed by atoms with E-state index in [1.54, 1.807) is 24.3 Å². The zero-order valence-electron chi connectivity index (χ0n) is 14.1. The van der Waals surface area contributed by atoms with Crippen LogP contribution in [0.5, 0.6) is 5.75 Å². The smallest absolute Gasteiger partial charge is 0.268 e. The van der Waals surface area contributed by atoms with Crippen LogP contribution in [0, 0.1) is 23.0 Å². The molecule has 1 aliphatic heterocycles. The van der Waals surface area contributed by atoms with Crippen LogP contribution in [0.3, 0.4) is 0 Å². The fourth-order valence-electron chi connectivity index (χ4n) is 2.96. The van der Waals surface area contributed by atoms with E-state index in [2.05, 4.69) is 6.07 Å². The highest BCUT2D eigenvalue weighted by Gasteiger charge is 2.25. The molecule has 2 heterocycles. The van der Waals surface area contributed by atoms with Gasteiger partial charge in [0.05, 0.1) is 22.2 Å². The number of nitriles is 1. The van der Waals surface area contributed by atoms with Gasteiger partial charge < -0.3 is 9.64 Å². The molecule has 0 aliphatic carbocycles. The Morgan fingerprint density at radius 1 is 1.22 bits per heavy atom. The van der Waals surface area contributed by atoms with Crippen LogP contribution in [0.2, 0.25) is 0 Å². The van der Waals surface area contributed by atoms with Crippen LogP contribution >= 0.6 is 11.3 Å². The third-order valence-corrected chi connectivity index (χ3v) is 5.53. The first kappa shape index (κ1) is 17.2. The predicted octanol–water partition coefficient (Wildman–Crippen LogP) is 4.73. The number of carbonyl (C=O) groups excluding carboxylic acids is 1. The molecule has 1 amide bonds. The standard InChI is InChI=1S/C20H12F2N2O2S/c1-24(16-4-3-13(21)8-15(16)22)20(25)18-7-12-10-26-17-5-2-11(9-23)6-14(17)19(12)27-18/h2-8H,10H2,1H3. The van der Waals surface area contributed by atoms with Gasteiger partial charge in [0, 0.05) is 29.1 Å². The lowest BCUT2D eigenvalue weighted by atomic mass is 10.0. The Hall–Kier alpha value is -3.24. The van der Waals surface area contributed by atoms with Gasteiger partial charge in [-0.2, -0.15) is 5.26 Å². The summed E-state index contributed by atoms with van der Waals surface area (Å²) in [4.78, 5) is 15.2. The number of ether oxygens (including phenoxy) is 1. The molecule has 0 bridgehead atoms. The molecule has 4 nitrogen and oxygen atoms in total. The SMILES string of the molecule is CN(C(=O)c1cc2c(s1)-c1cc(C#N)ccc1OC2)c1ccc(F)cc1F. The number of fused-ring (bicyclic) bond motifs is 3. The summed E-state index contributed by atoms with van der Waals surface area (Å²) >= 11 is 1.26. The van der Waals surface area contributed by atoms with Crippen molar-refractivity contribution in [2.24, 2.45) is 0 Å². The maximum absolute atomic E-state index is 14.0. The fourth-order valence-corrected chi connectivity index (χ4v) is 4.12. The highest BCUT2D eigenvalue weighted by Crippen LogP contribution is 2.43. The number of hydrogen-bond acceptors (Lipinski definition) is 4. The molecule has 0 saturated carbocycles. The summed E-state index contributed by atoms with van der Waals surface area (Å²) in [5, 5.41) is 9.11. The molecule has 1 aromatic heterocycles. The van der Waals surface area contributed by atoms with Gasteiger partial charge in [-0.1, -0.05) is 0 Å². The van der Waals surface area contributed by atoms with Crippen molar-refractivity contribution in [2.45, 2.75) is 6.61 Å². The number of rotatable bonds is 2. The Morgan fingerprint density at radius 3 is 2.78 bits per heavy atom. The number of amides is 1. The van der Waals surface area contributed by atoms with Gasteiger partial charge in [0.25, 0.3) is 5.91 Å². The van der Waals surface area contributed by atoms with Gasteiger partial charge in [-0.15, -0.1) is 11.3 Å². The Morgan fingerprint density at radius 2 is 2.04 bits per heavy atom. The van der Waals surface area contributed by atoms with Crippen LogP contribution in [-0.2, 0) is 6.61 Å². The van der Waals surface area contributed by atoms with Crippen molar-refractivity contribution in [2.75, 3.05) is 11.9 Å². The number of hydrogen-bond donors (Lipinski definition) is 0. The van der Waals surface area contributed by atoms with Crippen LogP contribution < -0.4 is 9.64 Å². The van der Waals surface area contributed by atoms with Gasteiger partial charge in [-0.3, -0.25) is 4.79 Å². The molecule has 0 N–H and O–H groups in total. The van der Waals surface area contributed by atoms with Crippen molar-refractivity contribution in [3.63, 3.8) is 0 Å². The van der Waals surface area contributed by atoms with Crippen molar-refractivity contribution < 1.29 is 18.3 Å². The summed E-state index contributed by atoms with van der Waals surface area (Å²) in [6.45, 7) is 0.312. The second kappa shape index (κ2) is 6.49. The lowest BCUT2D eigenvalue weighted by Gasteiger charge is -2.17. The van der Waals surface area contributed by atoms with Crippen molar-refractivity contribution >= 4 is 22.9 Å². The summed E-state index contributed by atoms with van der Waals surface area (Å²) in [5.74, 6) is -1.26. The van der Waals surface area contributed by atoms with Crippen LogP contribution in [0.25, 0.3) is 10.4 Å². The lowest BCUT2D eigenvalue weighted by molar-refractivity contribution is 0.0996. The Labute approximate surface area is 157 Å². The Kier molecular flexibility index (Phi) is 4.13. The second-order valence-electron chi connectivity index (χ2n) is 6.04. The number of halogens is 2. The molecule has 1 aliphatic rings. The van der Waals surface area contributed by atoms with E-state index < -0.39 is 17.5 Å². The predicted molar refractivity (Wildman–Crippen MR) is 97.9 cm³/mol. The van der Waals surface area contributed by atoms with E-state index in [1.807, 2.05) is 0 Å². The molecule has 3 aromatic rings. The molecule has 0 unspecified atom stereocenters. The van der Waals surface area contributed by atoms with Gasteiger partial charge in [-0.25, -0.2) is 8.78 Å². The molecular formula is C20H12F2N2O2S. The first-order valence-electron chi connectivity index (χ1n) is 8.01. The fraction of sp³-hybridized carbons (Fsp3) is 0.100. The molecule has 27 heavy (non-hydrogen) atoms. The monoisotopic (exact) mass is 382 g/mol. The second-order valence-corrected chi connectivity index (χ2v) is 7.09. The minimum Gasteiger partial charge on any atom is -0.488 e. The van der Waals surface area contributed by atoms with E-state index in [0.717, 1.165) is 33.0 Å². The molecule has 0 spiro atoms. The van der Waals surface area contributed by atoms with Crippen molar-refractivity contribution in [1.29, 1.82) is 5.26 Å². The highest BCUT2D eigenvalue weighted by molar-refractivity contribution is 7.17. The highest BCUT2D eigenvalue weighted by atomic mass is 32.1. The van der Waals surface area contributed by atoms with Crippen LogP contribution in [-0.4, -0.2) is 13.0 Å². The maximum Gasteiger partial charge on any atom is 0.268 e. The van der Waals surface area contributed by atoms with Crippen molar-refractivity contribution in [1.82, 2.24) is 0 Å². The summed E-state index contributed by atoms with van der Waals surface area (Å²) in [5.41, 5.74) is 2.09. The molecule has 134 valence electrons. The molecule has 7 heteroatoms. The number of carbonyl (C=O) groups is 1. The van der Waals surface area contributed by atoms with E-state index in [4.69, 9.17) is 10.00 Å². The minimum atomic E-state index is -0.806. The van der Waals surface area contributed by atoms with Gasteiger partial charge in [0.1, 0.15) is 24.0 Å². The zero-order chi connectivity index (χ0) is 19.1. The van der Waals surface area contributed by atoms with E-state index in [-0.39, 0.29) is 5.69 Å². The third kappa shape index (κ3) is 2.94. The molecular weight excluding hydrogens is 370 g/mol. The maximum atomic E-state index is 14.0. The normalized spacial score (nSPS) is 11.8. The lowest BCUT2D eigenvalue weighted by Crippen LogP contribution is -2.26. The topological polar surface area (TPSA) is 53.3 Å². The zero-order valence-corrected chi connectivity index (χ0v) is 14.9. The van der Waals surface area contributed by atoms with Gasteiger partial charge >= 0.3 is 0 Å². The average molecular weight is 382 g/mol. The molecule has 0 saturated heterocycles. The van der Waals surface area contributed by atoms with Gasteiger partial charge in [0.15, 0.2) is 0 Å². The quantitative estimate of drug-likeness (QED) is 0.644. The number of benzene rings is 2. The first-order chi connectivity index (χ1) is 13.0. The molecule has 2 aromatic carbocycles. The minimum absolute atomic E-state index is 0.00353. The molecule has 0 fully saturated rings. The number of anilines is 1. The number of thiophene rings is 1. The number of nitrogens with zero attached hydrogens (tertiary/aromatic N) is 2. The van der Waals surface area contributed by atoms with E-state index in [0.29, 0.717) is 22.8 Å². The molecule has 0 radical (unpaired) electrons. The summed E-state index contributed by atoms with van der Waals surface area (Å²) in [6, 6.07) is 12.0. The van der Waals surface area contributed by atoms with Crippen LogP contribution in [0.4, 0.5) is 14.5 Å². The average Bonchev–Trinajstić information content (AvgIpc) is 3.11. The summed E-state index contributed by atoms with van der Waals surface area (Å²) in [6.07, 6.45) is 0. The Bertz CT molecular complexity index is 1120. The van der Waals surface area contributed by atoms with Crippen molar-refractivity contribution in [3.05, 3.63) is 70.1 Å². The molecule has 4 rings (SSSR count). The van der Waals surface area contributed by atoms with E-state index in [1.165, 1.54) is 24.5 Å². The van der Waals surface area contributed by atoms with Crippen LogP contribution in [0.1, 0.15) is 20.8 Å².